The van der Waals surface area contributed by atoms with Crippen LogP contribution in [0.2, 0.25) is 0 Å². The second-order valence-electron chi connectivity index (χ2n) is 5.86. The minimum atomic E-state index is 0.561. The third kappa shape index (κ3) is 3.89. The molecule has 0 radical (unpaired) electrons. The summed E-state index contributed by atoms with van der Waals surface area (Å²) in [6.45, 7) is 6.09. The van der Waals surface area contributed by atoms with Gasteiger partial charge < -0.3 is 14.6 Å². The van der Waals surface area contributed by atoms with Crippen LogP contribution in [0.15, 0.2) is 28.8 Å². The predicted octanol–water partition coefficient (Wildman–Crippen LogP) is 2.32. The smallest absolute Gasteiger partial charge is 0.241 e. The Morgan fingerprint density at radius 2 is 2.17 bits per heavy atom. The first-order chi connectivity index (χ1) is 11.3. The highest BCUT2D eigenvalue weighted by molar-refractivity contribution is 5.55. The Balaban J connectivity index is 1.69. The van der Waals surface area contributed by atoms with E-state index in [0.29, 0.717) is 24.3 Å². The SMILES string of the molecule is CCCN(Cc1nc(-c2ccc(OC)cc2)no1)C1CCNC1. The topological polar surface area (TPSA) is 63.4 Å². The van der Waals surface area contributed by atoms with Crippen molar-refractivity contribution in [2.24, 2.45) is 0 Å². The van der Waals surface area contributed by atoms with Crippen molar-refractivity contribution >= 4 is 0 Å². The highest BCUT2D eigenvalue weighted by atomic mass is 16.5. The molecular weight excluding hydrogens is 292 g/mol. The fourth-order valence-electron chi connectivity index (χ4n) is 2.98. The lowest BCUT2D eigenvalue weighted by molar-refractivity contribution is 0.174. The number of nitrogens with one attached hydrogen (secondary N) is 1. The van der Waals surface area contributed by atoms with Crippen LogP contribution in [0.25, 0.3) is 11.4 Å². The van der Waals surface area contributed by atoms with Crippen molar-refractivity contribution in [3.8, 4) is 17.1 Å². The van der Waals surface area contributed by atoms with Crippen LogP contribution in [0.5, 0.6) is 5.75 Å². The summed E-state index contributed by atoms with van der Waals surface area (Å²) in [7, 11) is 1.65. The van der Waals surface area contributed by atoms with Gasteiger partial charge in [-0.3, -0.25) is 4.90 Å². The van der Waals surface area contributed by atoms with E-state index in [1.54, 1.807) is 7.11 Å². The Labute approximate surface area is 136 Å². The molecule has 0 amide bonds. The van der Waals surface area contributed by atoms with Crippen LogP contribution in [0.4, 0.5) is 0 Å². The first-order valence-corrected chi connectivity index (χ1v) is 8.22. The van der Waals surface area contributed by atoms with Gasteiger partial charge in [0.25, 0.3) is 0 Å². The number of rotatable bonds is 7. The maximum absolute atomic E-state index is 5.46. The molecule has 1 aliphatic rings. The van der Waals surface area contributed by atoms with Gasteiger partial charge in [0.2, 0.25) is 11.7 Å². The molecule has 1 aromatic carbocycles. The van der Waals surface area contributed by atoms with Crippen LogP contribution in [0, 0.1) is 0 Å². The van der Waals surface area contributed by atoms with Crippen molar-refractivity contribution < 1.29 is 9.26 Å². The fraction of sp³-hybridized carbons (Fsp3) is 0.529. The molecule has 2 aromatic rings. The largest absolute Gasteiger partial charge is 0.497 e. The monoisotopic (exact) mass is 316 g/mol. The Hall–Kier alpha value is -1.92. The molecule has 0 bridgehead atoms. The molecule has 1 saturated heterocycles. The highest BCUT2D eigenvalue weighted by Crippen LogP contribution is 2.21. The normalized spacial score (nSPS) is 17.8. The number of hydrogen-bond acceptors (Lipinski definition) is 6. The molecule has 1 aliphatic heterocycles. The Morgan fingerprint density at radius 1 is 1.35 bits per heavy atom. The van der Waals surface area contributed by atoms with Gasteiger partial charge in [-0.2, -0.15) is 4.98 Å². The van der Waals surface area contributed by atoms with Gasteiger partial charge in [0.05, 0.1) is 13.7 Å². The van der Waals surface area contributed by atoms with Gasteiger partial charge in [0, 0.05) is 18.2 Å². The Morgan fingerprint density at radius 3 is 2.83 bits per heavy atom. The summed E-state index contributed by atoms with van der Waals surface area (Å²) in [6, 6.07) is 8.25. The average molecular weight is 316 g/mol. The van der Waals surface area contributed by atoms with Gasteiger partial charge in [-0.05, 0) is 50.2 Å². The van der Waals surface area contributed by atoms with Gasteiger partial charge in [0.1, 0.15) is 5.75 Å². The highest BCUT2D eigenvalue weighted by Gasteiger charge is 2.23. The summed E-state index contributed by atoms with van der Waals surface area (Å²) in [5.74, 6) is 2.13. The first kappa shape index (κ1) is 16.0. The quantitative estimate of drug-likeness (QED) is 0.846. The summed E-state index contributed by atoms with van der Waals surface area (Å²) in [5.41, 5.74) is 0.936. The third-order valence-electron chi connectivity index (χ3n) is 4.22. The van der Waals surface area contributed by atoms with Crippen LogP contribution in [-0.2, 0) is 6.54 Å². The third-order valence-corrected chi connectivity index (χ3v) is 4.22. The molecule has 0 spiro atoms. The predicted molar refractivity (Wildman–Crippen MR) is 88.3 cm³/mol. The number of ether oxygens (including phenoxy) is 1. The summed E-state index contributed by atoms with van der Waals surface area (Å²) >= 11 is 0. The van der Waals surface area contributed by atoms with Crippen molar-refractivity contribution in [2.75, 3.05) is 26.7 Å². The summed E-state index contributed by atoms with van der Waals surface area (Å²) in [6.07, 6.45) is 2.30. The number of nitrogens with zero attached hydrogens (tertiary/aromatic N) is 3. The molecule has 6 nitrogen and oxygen atoms in total. The average Bonchev–Trinajstić information content (AvgIpc) is 3.26. The Kier molecular flexibility index (Phi) is 5.25. The maximum Gasteiger partial charge on any atom is 0.241 e. The number of methoxy groups -OCH3 is 1. The second-order valence-corrected chi connectivity index (χ2v) is 5.86. The van der Waals surface area contributed by atoms with Crippen molar-refractivity contribution in [3.63, 3.8) is 0 Å². The molecule has 0 saturated carbocycles. The lowest BCUT2D eigenvalue weighted by Crippen LogP contribution is -2.37. The zero-order valence-electron chi connectivity index (χ0n) is 13.8. The van der Waals surface area contributed by atoms with Crippen molar-refractivity contribution in [3.05, 3.63) is 30.2 Å². The minimum absolute atomic E-state index is 0.561. The van der Waals surface area contributed by atoms with Gasteiger partial charge in [-0.25, -0.2) is 0 Å². The molecule has 124 valence electrons. The van der Waals surface area contributed by atoms with Crippen LogP contribution in [-0.4, -0.2) is 47.8 Å². The van der Waals surface area contributed by atoms with Crippen LogP contribution >= 0.6 is 0 Å². The van der Waals surface area contributed by atoms with E-state index < -0.39 is 0 Å². The van der Waals surface area contributed by atoms with Crippen molar-refractivity contribution in [2.45, 2.75) is 32.4 Å². The van der Waals surface area contributed by atoms with Crippen LogP contribution < -0.4 is 10.1 Å². The maximum atomic E-state index is 5.46. The molecule has 1 atom stereocenters. The summed E-state index contributed by atoms with van der Waals surface area (Å²) in [5, 5.41) is 7.53. The molecule has 1 aromatic heterocycles. The second kappa shape index (κ2) is 7.57. The Bertz CT molecular complexity index is 605. The zero-order valence-corrected chi connectivity index (χ0v) is 13.8. The standard InChI is InChI=1S/C17H24N4O2/c1-3-10-21(14-8-9-18-11-14)12-16-19-17(20-23-16)13-4-6-15(22-2)7-5-13/h4-7,14,18H,3,8-12H2,1-2H3. The molecule has 1 fully saturated rings. The molecule has 2 heterocycles. The molecule has 23 heavy (non-hydrogen) atoms. The van der Waals surface area contributed by atoms with Crippen molar-refractivity contribution in [1.29, 1.82) is 0 Å². The van der Waals surface area contributed by atoms with Gasteiger partial charge in [-0.1, -0.05) is 12.1 Å². The van der Waals surface area contributed by atoms with E-state index in [-0.39, 0.29) is 0 Å². The van der Waals surface area contributed by atoms with Crippen LogP contribution in [0.1, 0.15) is 25.7 Å². The van der Waals surface area contributed by atoms with Gasteiger partial charge >= 0.3 is 0 Å². The van der Waals surface area contributed by atoms with Gasteiger partial charge in [-0.15, -0.1) is 0 Å². The number of aromatic nitrogens is 2. The molecular formula is C17H24N4O2. The zero-order chi connectivity index (χ0) is 16.1. The molecule has 6 heteroatoms. The molecule has 3 rings (SSSR count). The molecule has 0 aliphatic carbocycles. The van der Waals surface area contributed by atoms with E-state index in [4.69, 9.17) is 9.26 Å². The van der Waals surface area contributed by atoms with E-state index in [0.717, 1.165) is 37.4 Å². The minimum Gasteiger partial charge on any atom is -0.497 e. The van der Waals surface area contributed by atoms with Crippen LogP contribution in [0.3, 0.4) is 0 Å². The lowest BCUT2D eigenvalue weighted by atomic mass is 10.2. The fourth-order valence-corrected chi connectivity index (χ4v) is 2.98. The number of hydrogen-bond donors (Lipinski definition) is 1. The van der Waals surface area contributed by atoms with E-state index >= 15 is 0 Å². The van der Waals surface area contributed by atoms with E-state index in [1.165, 1.54) is 6.42 Å². The van der Waals surface area contributed by atoms with E-state index in [9.17, 15) is 0 Å². The summed E-state index contributed by atoms with van der Waals surface area (Å²) < 4.78 is 10.6. The molecule has 1 N–H and O–H groups in total. The van der Waals surface area contributed by atoms with E-state index in [2.05, 4.69) is 27.3 Å². The van der Waals surface area contributed by atoms with Crippen molar-refractivity contribution in [1.82, 2.24) is 20.4 Å². The molecule has 1 unspecified atom stereocenters. The van der Waals surface area contributed by atoms with E-state index in [1.807, 2.05) is 24.3 Å². The first-order valence-electron chi connectivity index (χ1n) is 8.22. The van der Waals surface area contributed by atoms with Gasteiger partial charge in [0.15, 0.2) is 0 Å². The lowest BCUT2D eigenvalue weighted by Gasteiger charge is -2.26. The number of benzene rings is 1. The summed E-state index contributed by atoms with van der Waals surface area (Å²) in [4.78, 5) is 6.98.